The molecule has 2 aromatic heterocycles. The number of rotatable bonds is 1. The van der Waals surface area contributed by atoms with Crippen molar-refractivity contribution < 1.29 is 0 Å². The first-order valence-electron chi connectivity index (χ1n) is 4.32. The molecule has 13 heavy (non-hydrogen) atoms. The number of aromatic nitrogens is 2. The number of hydrogen-bond donors (Lipinski definition) is 0. The van der Waals surface area contributed by atoms with Crippen molar-refractivity contribution in [1.82, 2.24) is 9.55 Å². The third-order valence-electron chi connectivity index (χ3n) is 2.23. The van der Waals surface area contributed by atoms with Gasteiger partial charge in [-0.25, -0.2) is 4.98 Å². The van der Waals surface area contributed by atoms with E-state index in [1.54, 1.807) is 0 Å². The number of halogens is 1. The van der Waals surface area contributed by atoms with Gasteiger partial charge in [-0.1, -0.05) is 18.5 Å². The molecule has 0 amide bonds. The molecule has 2 nitrogen and oxygen atoms in total. The number of fused-ring (bicyclic) bond motifs is 1. The minimum Gasteiger partial charge on any atom is -0.334 e. The molecule has 0 radical (unpaired) electrons. The molecule has 0 bridgehead atoms. The fourth-order valence-electron chi connectivity index (χ4n) is 1.45. The van der Waals surface area contributed by atoms with Crippen LogP contribution in [0.5, 0.6) is 0 Å². The van der Waals surface area contributed by atoms with E-state index in [9.17, 15) is 0 Å². The molecule has 3 heteroatoms. The Morgan fingerprint density at radius 1 is 1.54 bits per heavy atom. The average molecular weight is 195 g/mol. The van der Waals surface area contributed by atoms with Gasteiger partial charge in [0.05, 0.1) is 5.02 Å². The van der Waals surface area contributed by atoms with Crippen LogP contribution in [0.3, 0.4) is 0 Å². The van der Waals surface area contributed by atoms with Gasteiger partial charge < -0.3 is 4.57 Å². The van der Waals surface area contributed by atoms with Gasteiger partial charge >= 0.3 is 0 Å². The second kappa shape index (κ2) is 3.04. The van der Waals surface area contributed by atoms with Gasteiger partial charge in [-0.2, -0.15) is 0 Å². The van der Waals surface area contributed by atoms with Gasteiger partial charge in [0, 0.05) is 24.8 Å². The molecule has 2 aromatic rings. The fourth-order valence-corrected chi connectivity index (χ4v) is 1.74. The van der Waals surface area contributed by atoms with Gasteiger partial charge in [-0.15, -0.1) is 0 Å². The molecule has 0 aliphatic carbocycles. The summed E-state index contributed by atoms with van der Waals surface area (Å²) in [6.45, 7) is 2.11. The van der Waals surface area contributed by atoms with Crippen LogP contribution in [0.4, 0.5) is 0 Å². The average Bonchev–Trinajstić information content (AvgIpc) is 2.42. The molecule has 68 valence electrons. The maximum atomic E-state index is 6.05. The Morgan fingerprint density at radius 2 is 2.31 bits per heavy atom. The minimum absolute atomic E-state index is 0.778. The van der Waals surface area contributed by atoms with E-state index in [0.29, 0.717) is 0 Å². The molecule has 2 rings (SSSR count). The summed E-state index contributed by atoms with van der Waals surface area (Å²) >= 11 is 6.05. The molecule has 0 spiro atoms. The number of nitrogens with zero attached hydrogens (tertiary/aromatic N) is 2. The van der Waals surface area contributed by atoms with Gasteiger partial charge in [0.1, 0.15) is 5.65 Å². The highest BCUT2D eigenvalue weighted by atomic mass is 35.5. The molecular formula is C10H11ClN2. The van der Waals surface area contributed by atoms with E-state index >= 15 is 0 Å². The molecule has 2 heterocycles. The first-order valence-corrected chi connectivity index (χ1v) is 4.69. The van der Waals surface area contributed by atoms with Crippen molar-refractivity contribution in [2.75, 3.05) is 0 Å². The van der Waals surface area contributed by atoms with Crippen molar-refractivity contribution in [3.63, 3.8) is 0 Å². The van der Waals surface area contributed by atoms with E-state index in [4.69, 9.17) is 11.6 Å². The molecule has 0 atom stereocenters. The highest BCUT2D eigenvalue weighted by Gasteiger charge is 2.05. The lowest BCUT2D eigenvalue weighted by molar-refractivity contribution is 0.945. The second-order valence-corrected chi connectivity index (χ2v) is 3.56. The first kappa shape index (κ1) is 8.57. The topological polar surface area (TPSA) is 17.8 Å². The molecule has 0 N–H and O–H groups in total. The van der Waals surface area contributed by atoms with E-state index in [0.717, 1.165) is 22.5 Å². The van der Waals surface area contributed by atoms with Crippen LogP contribution < -0.4 is 0 Å². The summed E-state index contributed by atoms with van der Waals surface area (Å²) in [7, 11) is 1.95. The van der Waals surface area contributed by atoms with E-state index in [1.165, 1.54) is 5.56 Å². The van der Waals surface area contributed by atoms with Gasteiger partial charge in [-0.3, -0.25) is 0 Å². The Hall–Kier alpha value is -1.02. The third-order valence-corrected chi connectivity index (χ3v) is 2.53. The monoisotopic (exact) mass is 194 g/mol. The number of aryl methyl sites for hydroxylation is 2. The predicted octanol–water partition coefficient (Wildman–Crippen LogP) is 2.79. The standard InChI is InChI=1S/C10H11ClN2/c1-3-7-4-8-9(11)6-13(2)10(8)12-5-7/h4-6H,3H2,1-2H3. The first-order chi connectivity index (χ1) is 6.22. The lowest BCUT2D eigenvalue weighted by atomic mass is 10.2. The summed E-state index contributed by atoms with van der Waals surface area (Å²) in [5.41, 5.74) is 2.17. The van der Waals surface area contributed by atoms with Crippen LogP contribution in [-0.2, 0) is 13.5 Å². The van der Waals surface area contributed by atoms with E-state index in [2.05, 4.69) is 18.0 Å². The molecule has 0 saturated heterocycles. The summed E-state index contributed by atoms with van der Waals surface area (Å²) in [4.78, 5) is 4.35. The van der Waals surface area contributed by atoms with Crippen molar-refractivity contribution in [1.29, 1.82) is 0 Å². The zero-order valence-electron chi connectivity index (χ0n) is 7.71. The summed E-state index contributed by atoms with van der Waals surface area (Å²) in [5, 5.41) is 1.82. The van der Waals surface area contributed by atoms with Gasteiger partial charge in [0.2, 0.25) is 0 Å². The van der Waals surface area contributed by atoms with Crippen molar-refractivity contribution in [3.05, 3.63) is 29.0 Å². The Kier molecular flexibility index (Phi) is 2.00. The largest absolute Gasteiger partial charge is 0.334 e. The Morgan fingerprint density at radius 3 is 3.00 bits per heavy atom. The zero-order valence-corrected chi connectivity index (χ0v) is 8.47. The lowest BCUT2D eigenvalue weighted by Gasteiger charge is -1.97. The van der Waals surface area contributed by atoms with Crippen LogP contribution in [0.2, 0.25) is 5.02 Å². The Labute approximate surface area is 82.1 Å². The highest BCUT2D eigenvalue weighted by molar-refractivity contribution is 6.35. The molecule has 0 aliphatic rings. The van der Waals surface area contributed by atoms with Crippen LogP contribution in [0.25, 0.3) is 11.0 Å². The lowest BCUT2D eigenvalue weighted by Crippen LogP contribution is -1.88. The second-order valence-electron chi connectivity index (χ2n) is 3.16. The minimum atomic E-state index is 0.778. The molecule has 0 aromatic carbocycles. The van der Waals surface area contributed by atoms with Crippen LogP contribution in [0.1, 0.15) is 12.5 Å². The van der Waals surface area contributed by atoms with Crippen molar-refractivity contribution in [3.8, 4) is 0 Å². The molecule has 0 saturated carbocycles. The maximum Gasteiger partial charge on any atom is 0.141 e. The normalized spacial score (nSPS) is 11.0. The van der Waals surface area contributed by atoms with E-state index in [-0.39, 0.29) is 0 Å². The van der Waals surface area contributed by atoms with Crippen molar-refractivity contribution >= 4 is 22.6 Å². The SMILES string of the molecule is CCc1cnc2c(c1)c(Cl)cn2C. The van der Waals surface area contributed by atoms with Crippen LogP contribution in [-0.4, -0.2) is 9.55 Å². The zero-order chi connectivity index (χ0) is 9.42. The molecule has 0 unspecified atom stereocenters. The molecular weight excluding hydrogens is 184 g/mol. The number of hydrogen-bond acceptors (Lipinski definition) is 1. The van der Waals surface area contributed by atoms with E-state index < -0.39 is 0 Å². The molecule has 0 fully saturated rings. The van der Waals surface area contributed by atoms with Crippen molar-refractivity contribution in [2.45, 2.75) is 13.3 Å². The number of pyridine rings is 1. The quantitative estimate of drug-likeness (QED) is 0.683. The smallest absolute Gasteiger partial charge is 0.141 e. The van der Waals surface area contributed by atoms with Gasteiger partial charge in [-0.05, 0) is 18.1 Å². The van der Waals surface area contributed by atoms with Crippen LogP contribution in [0.15, 0.2) is 18.5 Å². The maximum absolute atomic E-state index is 6.05. The molecule has 0 aliphatic heterocycles. The highest BCUT2D eigenvalue weighted by Crippen LogP contribution is 2.24. The van der Waals surface area contributed by atoms with E-state index in [1.807, 2.05) is 24.0 Å². The summed E-state index contributed by atoms with van der Waals surface area (Å²) in [6, 6.07) is 2.10. The third kappa shape index (κ3) is 1.31. The van der Waals surface area contributed by atoms with Crippen LogP contribution in [0, 0.1) is 0 Å². The summed E-state index contributed by atoms with van der Waals surface area (Å²) in [6.07, 6.45) is 4.78. The Balaban J connectivity index is 2.76. The predicted molar refractivity (Wildman–Crippen MR) is 55.1 cm³/mol. The fraction of sp³-hybridized carbons (Fsp3) is 0.300. The summed E-state index contributed by atoms with van der Waals surface area (Å²) in [5.74, 6) is 0. The van der Waals surface area contributed by atoms with Gasteiger partial charge in [0.15, 0.2) is 0 Å². The van der Waals surface area contributed by atoms with Gasteiger partial charge in [0.25, 0.3) is 0 Å². The van der Waals surface area contributed by atoms with Crippen molar-refractivity contribution in [2.24, 2.45) is 7.05 Å². The Bertz CT molecular complexity index is 445. The van der Waals surface area contributed by atoms with Crippen LogP contribution >= 0.6 is 11.6 Å². The summed E-state index contributed by atoms with van der Waals surface area (Å²) < 4.78 is 1.94.